The molecule has 7 heterocycles. The second-order valence-electron chi connectivity index (χ2n) is 14.1. The number of fused-ring (bicyclic) bond motifs is 5. The Balaban J connectivity index is 1.17. The molecular weight excluding hydrogens is 603 g/mol. The molecule has 0 saturated carbocycles. The van der Waals surface area contributed by atoms with Gasteiger partial charge in [-0.3, -0.25) is 14.4 Å². The van der Waals surface area contributed by atoms with Gasteiger partial charge in [0.1, 0.15) is 24.2 Å². The third kappa shape index (κ3) is 5.23. The number of ether oxygens (including phenoxy) is 3. The molecule has 2 N–H and O–H groups in total. The number of alkyl halides is 1. The van der Waals surface area contributed by atoms with E-state index in [4.69, 9.17) is 29.9 Å². The van der Waals surface area contributed by atoms with E-state index in [1.165, 1.54) is 0 Å². The minimum Gasteiger partial charge on any atom is -0.461 e. The number of hydrogen-bond donors (Lipinski definition) is 1. The number of amides is 1. The lowest BCUT2D eigenvalue weighted by atomic mass is 9.80. The first kappa shape index (κ1) is 30.5. The van der Waals surface area contributed by atoms with E-state index in [9.17, 15) is 9.18 Å². The quantitative estimate of drug-likeness (QED) is 0.413. The summed E-state index contributed by atoms with van der Waals surface area (Å²) in [4.78, 5) is 28.8. The number of nitrogen functional groups attached to an aromatic ring is 1. The van der Waals surface area contributed by atoms with Crippen molar-refractivity contribution in [3.05, 3.63) is 58.0 Å². The van der Waals surface area contributed by atoms with Crippen molar-refractivity contribution in [2.45, 2.75) is 82.1 Å². The van der Waals surface area contributed by atoms with Crippen LogP contribution in [0.3, 0.4) is 0 Å². The second kappa shape index (κ2) is 11.4. The fourth-order valence-electron chi connectivity index (χ4n) is 8.29. The van der Waals surface area contributed by atoms with Gasteiger partial charge in [-0.2, -0.15) is 15.1 Å². The maximum absolute atomic E-state index is 14.6. The van der Waals surface area contributed by atoms with E-state index in [1.54, 1.807) is 19.0 Å². The summed E-state index contributed by atoms with van der Waals surface area (Å²) in [5.74, 6) is 0.627. The number of aryl methyl sites for hydroxylation is 1. The zero-order valence-corrected chi connectivity index (χ0v) is 27.4. The van der Waals surface area contributed by atoms with Crippen molar-refractivity contribution in [3.8, 4) is 6.01 Å². The summed E-state index contributed by atoms with van der Waals surface area (Å²) < 4.78 is 36.0. The standard InChI is InChI=1S/C34H43FN8O4/c1-21-25-7-6-23(36)12-27(25)34(20-45-21)15-29-26(18-47-34)30(38-32(37-29)46-19-33-8-4-10-42(33)16-22(35)14-33)41-9-5-11-43-24(17-41)13-28(39-43)31(44)40(2)3/h6-7,12-13,21-22H,4-5,8-11,14-20,36H2,1-3H3/t21-,22+,33-,34+/m0/s1. The Bertz CT molecular complexity index is 1720. The van der Waals surface area contributed by atoms with Crippen LogP contribution in [-0.2, 0) is 41.2 Å². The minimum atomic E-state index is -0.844. The molecular formula is C34H43FN8O4. The van der Waals surface area contributed by atoms with Crippen LogP contribution < -0.4 is 15.4 Å². The normalized spacial score (nSPS) is 28.4. The molecule has 1 aromatic carbocycles. The number of aromatic nitrogens is 4. The topological polar surface area (TPSA) is 124 Å². The Kier molecular flexibility index (Phi) is 7.41. The van der Waals surface area contributed by atoms with Crippen LogP contribution in [0.5, 0.6) is 6.01 Å². The third-order valence-corrected chi connectivity index (χ3v) is 10.7. The fraction of sp³-hybridized carbons (Fsp3) is 0.588. The molecule has 2 fully saturated rings. The molecule has 4 atom stereocenters. The van der Waals surface area contributed by atoms with E-state index in [1.807, 2.05) is 35.9 Å². The summed E-state index contributed by atoms with van der Waals surface area (Å²) in [6.45, 7) is 6.34. The van der Waals surface area contributed by atoms with Gasteiger partial charge in [-0.25, -0.2) is 4.39 Å². The number of halogens is 1. The lowest BCUT2D eigenvalue weighted by molar-refractivity contribution is -0.148. The number of carbonyl (C=O) groups excluding carboxylic acids is 1. The Labute approximate surface area is 274 Å². The van der Waals surface area contributed by atoms with Crippen molar-refractivity contribution in [3.63, 3.8) is 0 Å². The number of anilines is 2. The zero-order valence-electron chi connectivity index (χ0n) is 27.4. The van der Waals surface area contributed by atoms with Crippen molar-refractivity contribution in [1.82, 2.24) is 29.5 Å². The van der Waals surface area contributed by atoms with Gasteiger partial charge in [0.15, 0.2) is 5.69 Å². The smallest absolute Gasteiger partial charge is 0.318 e. The molecule has 8 rings (SSSR count). The molecule has 250 valence electrons. The van der Waals surface area contributed by atoms with E-state index in [0.29, 0.717) is 63.1 Å². The summed E-state index contributed by atoms with van der Waals surface area (Å²) >= 11 is 0. The van der Waals surface area contributed by atoms with Crippen molar-refractivity contribution in [2.75, 3.05) is 57.6 Å². The van der Waals surface area contributed by atoms with Crippen LogP contribution in [0.2, 0.25) is 0 Å². The monoisotopic (exact) mass is 646 g/mol. The summed E-state index contributed by atoms with van der Waals surface area (Å²) in [7, 11) is 3.46. The van der Waals surface area contributed by atoms with Gasteiger partial charge in [-0.1, -0.05) is 6.07 Å². The van der Waals surface area contributed by atoms with Crippen LogP contribution in [0.15, 0.2) is 24.3 Å². The molecule has 12 nitrogen and oxygen atoms in total. The van der Waals surface area contributed by atoms with E-state index in [2.05, 4.69) is 14.9 Å². The molecule has 1 amide bonds. The van der Waals surface area contributed by atoms with Crippen LogP contribution in [0.25, 0.3) is 0 Å². The lowest BCUT2D eigenvalue weighted by Crippen LogP contribution is -2.45. The zero-order chi connectivity index (χ0) is 32.5. The number of carbonyl (C=O) groups is 1. The van der Waals surface area contributed by atoms with Crippen LogP contribution in [0.1, 0.15) is 77.3 Å². The van der Waals surface area contributed by atoms with Crippen molar-refractivity contribution < 1.29 is 23.4 Å². The molecule has 2 aromatic heterocycles. The Morgan fingerprint density at radius 3 is 2.91 bits per heavy atom. The Morgan fingerprint density at radius 2 is 2.06 bits per heavy atom. The number of benzene rings is 1. The summed E-state index contributed by atoms with van der Waals surface area (Å²) in [6, 6.07) is 8.10. The molecule has 0 radical (unpaired) electrons. The maximum atomic E-state index is 14.6. The number of rotatable bonds is 5. The molecule has 1 spiro atoms. The van der Waals surface area contributed by atoms with E-state index in [0.717, 1.165) is 66.2 Å². The fourth-order valence-corrected chi connectivity index (χ4v) is 8.29. The molecule has 47 heavy (non-hydrogen) atoms. The van der Waals surface area contributed by atoms with Crippen LogP contribution in [0, 0.1) is 0 Å². The van der Waals surface area contributed by atoms with Gasteiger partial charge in [-0.15, -0.1) is 0 Å². The number of hydrogen-bond acceptors (Lipinski definition) is 10. The molecule has 3 aromatic rings. The highest BCUT2D eigenvalue weighted by atomic mass is 19.1. The van der Waals surface area contributed by atoms with Crippen LogP contribution >= 0.6 is 0 Å². The van der Waals surface area contributed by atoms with E-state index < -0.39 is 11.8 Å². The highest BCUT2D eigenvalue weighted by Crippen LogP contribution is 2.46. The number of nitrogens with two attached hydrogens (primary N) is 1. The SMILES string of the molecule is C[C@@H]1OC[C@]2(Cc3nc(OC[C@@]45CCCN4C[C@H](F)C5)nc(N4CCCn5nc(C(=O)N(C)C)cc5C4)c3CO2)c2cc(N)ccc21. The van der Waals surface area contributed by atoms with Gasteiger partial charge in [0, 0.05) is 57.8 Å². The van der Waals surface area contributed by atoms with Crippen molar-refractivity contribution in [2.24, 2.45) is 0 Å². The Hall–Kier alpha value is -3.81. The van der Waals surface area contributed by atoms with Gasteiger partial charge in [0.05, 0.1) is 42.8 Å². The highest BCUT2D eigenvalue weighted by Gasteiger charge is 2.50. The predicted octanol–water partition coefficient (Wildman–Crippen LogP) is 3.38. The predicted molar refractivity (Wildman–Crippen MR) is 172 cm³/mol. The van der Waals surface area contributed by atoms with Gasteiger partial charge >= 0.3 is 6.01 Å². The highest BCUT2D eigenvalue weighted by molar-refractivity contribution is 5.92. The van der Waals surface area contributed by atoms with Gasteiger partial charge < -0.3 is 29.7 Å². The average Bonchev–Trinajstić information content (AvgIpc) is 3.68. The van der Waals surface area contributed by atoms with Crippen LogP contribution in [-0.4, -0.2) is 94.1 Å². The van der Waals surface area contributed by atoms with Gasteiger partial charge in [-0.05, 0) is 62.1 Å². The summed E-state index contributed by atoms with van der Waals surface area (Å²) in [5, 5.41) is 4.62. The third-order valence-electron chi connectivity index (χ3n) is 10.7. The summed E-state index contributed by atoms with van der Waals surface area (Å²) in [6.07, 6.45) is 2.77. The summed E-state index contributed by atoms with van der Waals surface area (Å²) in [5.41, 5.74) is 11.1. The van der Waals surface area contributed by atoms with Gasteiger partial charge in [0.25, 0.3) is 5.91 Å². The maximum Gasteiger partial charge on any atom is 0.318 e. The minimum absolute atomic E-state index is 0.0772. The first-order chi connectivity index (χ1) is 22.6. The van der Waals surface area contributed by atoms with E-state index >= 15 is 0 Å². The first-order valence-corrected chi connectivity index (χ1v) is 16.7. The molecule has 13 heteroatoms. The lowest BCUT2D eigenvalue weighted by Gasteiger charge is -2.44. The molecule has 5 aliphatic heterocycles. The molecule has 5 aliphatic rings. The first-order valence-electron chi connectivity index (χ1n) is 16.7. The molecule has 0 unspecified atom stereocenters. The largest absolute Gasteiger partial charge is 0.461 e. The van der Waals surface area contributed by atoms with Gasteiger partial charge in [0.2, 0.25) is 0 Å². The van der Waals surface area contributed by atoms with Crippen LogP contribution in [0.4, 0.5) is 15.9 Å². The molecule has 0 bridgehead atoms. The van der Waals surface area contributed by atoms with Crippen molar-refractivity contribution in [1.29, 1.82) is 0 Å². The average molecular weight is 647 g/mol. The van der Waals surface area contributed by atoms with E-state index in [-0.39, 0.29) is 24.2 Å². The van der Waals surface area contributed by atoms with Crippen molar-refractivity contribution >= 4 is 17.4 Å². The second-order valence-corrected chi connectivity index (χ2v) is 14.1. The molecule has 0 aliphatic carbocycles. The molecule has 2 saturated heterocycles. The number of nitrogens with zero attached hydrogens (tertiary/aromatic N) is 7. The Morgan fingerprint density at radius 1 is 1.19 bits per heavy atom.